The van der Waals surface area contributed by atoms with Crippen molar-refractivity contribution in [3.8, 4) is 5.75 Å². The van der Waals surface area contributed by atoms with Crippen LogP contribution in [0, 0.1) is 24.0 Å². The largest absolute Gasteiger partial charge is 0.467 e. The van der Waals surface area contributed by atoms with Crippen molar-refractivity contribution in [1.29, 1.82) is 0 Å². The first-order chi connectivity index (χ1) is 14.0. The van der Waals surface area contributed by atoms with E-state index in [1.807, 2.05) is 31.2 Å². The van der Waals surface area contributed by atoms with Crippen LogP contribution < -0.4 is 4.74 Å². The SMILES string of the molecule is Cc1nc2ccccc2c(C)c1C(=O)OCc1cc([N+](=O)[O-])cc2c1OCOC2. The number of carbonyl (C=O) groups is 1. The van der Waals surface area contributed by atoms with E-state index in [0.29, 0.717) is 28.1 Å². The molecule has 1 aliphatic heterocycles. The molecule has 0 fully saturated rings. The standard InChI is InChI=1S/C21H18N2O6/c1-12-17-5-3-4-6-18(17)22-13(2)19(12)21(24)28-10-15-8-16(23(25)26)7-14-9-27-11-29-20(14)15/h3-8H,9-11H2,1-2H3. The average molecular weight is 394 g/mol. The fraction of sp³-hybridized carbons (Fsp3) is 0.238. The molecule has 0 atom stereocenters. The first kappa shape index (κ1) is 18.8. The summed E-state index contributed by atoms with van der Waals surface area (Å²) in [5.41, 5.74) is 3.42. The van der Waals surface area contributed by atoms with Gasteiger partial charge < -0.3 is 14.2 Å². The van der Waals surface area contributed by atoms with E-state index in [1.165, 1.54) is 12.1 Å². The molecule has 0 saturated carbocycles. The molecule has 0 spiro atoms. The lowest BCUT2D eigenvalue weighted by Gasteiger charge is -2.20. The van der Waals surface area contributed by atoms with Gasteiger partial charge in [-0.15, -0.1) is 0 Å². The molecule has 3 aromatic rings. The number of esters is 1. The van der Waals surface area contributed by atoms with Gasteiger partial charge >= 0.3 is 5.97 Å². The second-order valence-electron chi connectivity index (χ2n) is 6.75. The Morgan fingerprint density at radius 3 is 2.86 bits per heavy atom. The van der Waals surface area contributed by atoms with Gasteiger partial charge in [0.15, 0.2) is 6.79 Å². The van der Waals surface area contributed by atoms with E-state index in [0.717, 1.165) is 16.5 Å². The van der Waals surface area contributed by atoms with Crippen LogP contribution in [0.3, 0.4) is 0 Å². The molecule has 29 heavy (non-hydrogen) atoms. The quantitative estimate of drug-likeness (QED) is 0.375. The fourth-order valence-corrected chi connectivity index (χ4v) is 3.54. The average Bonchev–Trinajstić information content (AvgIpc) is 2.71. The third-order valence-electron chi connectivity index (χ3n) is 4.88. The number of non-ortho nitro benzene ring substituents is 1. The van der Waals surface area contributed by atoms with Gasteiger partial charge in [-0.3, -0.25) is 15.1 Å². The Morgan fingerprint density at radius 2 is 2.07 bits per heavy atom. The van der Waals surface area contributed by atoms with Crippen LogP contribution in [-0.2, 0) is 22.7 Å². The Kier molecular flexibility index (Phi) is 4.85. The lowest BCUT2D eigenvalue weighted by atomic mass is 10.0. The van der Waals surface area contributed by atoms with Crippen LogP contribution in [0.1, 0.15) is 32.7 Å². The van der Waals surface area contributed by atoms with Crippen molar-refractivity contribution in [2.45, 2.75) is 27.1 Å². The number of aromatic nitrogens is 1. The number of nitro benzene ring substituents is 1. The monoisotopic (exact) mass is 394 g/mol. The number of aryl methyl sites for hydroxylation is 2. The number of carbonyl (C=O) groups excluding carboxylic acids is 1. The maximum absolute atomic E-state index is 12.8. The van der Waals surface area contributed by atoms with Crippen LogP contribution in [0.5, 0.6) is 5.75 Å². The number of pyridine rings is 1. The molecule has 0 unspecified atom stereocenters. The number of nitrogens with zero attached hydrogens (tertiary/aromatic N) is 2. The van der Waals surface area contributed by atoms with Gasteiger partial charge in [-0.25, -0.2) is 4.79 Å². The van der Waals surface area contributed by atoms with Crippen molar-refractivity contribution in [2.75, 3.05) is 6.79 Å². The summed E-state index contributed by atoms with van der Waals surface area (Å²) in [5, 5.41) is 12.1. The molecule has 8 nitrogen and oxygen atoms in total. The molecule has 8 heteroatoms. The fourth-order valence-electron chi connectivity index (χ4n) is 3.54. The third-order valence-corrected chi connectivity index (χ3v) is 4.88. The first-order valence-corrected chi connectivity index (χ1v) is 8.99. The lowest BCUT2D eigenvalue weighted by Crippen LogP contribution is -2.15. The van der Waals surface area contributed by atoms with Crippen LogP contribution in [0.4, 0.5) is 5.69 Å². The molecule has 0 amide bonds. The van der Waals surface area contributed by atoms with Crippen molar-refractivity contribution in [2.24, 2.45) is 0 Å². The number of benzene rings is 2. The number of hydrogen-bond acceptors (Lipinski definition) is 7. The van der Waals surface area contributed by atoms with E-state index in [1.54, 1.807) is 6.92 Å². The summed E-state index contributed by atoms with van der Waals surface area (Å²) in [5.74, 6) is -0.0784. The zero-order valence-corrected chi connectivity index (χ0v) is 15.9. The molecule has 4 rings (SSSR count). The summed E-state index contributed by atoms with van der Waals surface area (Å²) in [6, 6.07) is 10.3. The summed E-state index contributed by atoms with van der Waals surface area (Å²) >= 11 is 0. The van der Waals surface area contributed by atoms with Gasteiger partial charge in [0.25, 0.3) is 5.69 Å². The highest BCUT2D eigenvalue weighted by Gasteiger charge is 2.23. The summed E-state index contributed by atoms with van der Waals surface area (Å²) in [7, 11) is 0. The topological polar surface area (TPSA) is 101 Å². The second-order valence-corrected chi connectivity index (χ2v) is 6.75. The predicted molar refractivity (Wildman–Crippen MR) is 104 cm³/mol. The van der Waals surface area contributed by atoms with Crippen LogP contribution in [0.2, 0.25) is 0 Å². The van der Waals surface area contributed by atoms with Crippen molar-refractivity contribution in [3.63, 3.8) is 0 Å². The van der Waals surface area contributed by atoms with Gasteiger partial charge in [0.05, 0.1) is 28.3 Å². The van der Waals surface area contributed by atoms with E-state index in [9.17, 15) is 14.9 Å². The molecule has 0 N–H and O–H groups in total. The maximum atomic E-state index is 12.8. The Bertz CT molecular complexity index is 1140. The minimum atomic E-state index is -0.537. The minimum absolute atomic E-state index is 0.0402. The smallest absolute Gasteiger partial charge is 0.340 e. The van der Waals surface area contributed by atoms with Crippen molar-refractivity contribution in [3.05, 3.63) is 74.5 Å². The van der Waals surface area contributed by atoms with Gasteiger partial charge in [0.2, 0.25) is 0 Å². The molecule has 0 aliphatic carbocycles. The maximum Gasteiger partial charge on any atom is 0.340 e. The molecule has 1 aromatic heterocycles. The molecule has 2 aromatic carbocycles. The van der Waals surface area contributed by atoms with Crippen molar-refractivity contribution < 1.29 is 23.9 Å². The molecule has 148 valence electrons. The second kappa shape index (κ2) is 7.48. The van der Waals surface area contributed by atoms with Gasteiger partial charge in [-0.2, -0.15) is 0 Å². The van der Waals surface area contributed by atoms with Crippen LogP contribution >= 0.6 is 0 Å². The van der Waals surface area contributed by atoms with E-state index < -0.39 is 10.9 Å². The third kappa shape index (κ3) is 3.50. The molecule has 0 saturated heterocycles. The number of rotatable bonds is 4. The Morgan fingerprint density at radius 1 is 1.28 bits per heavy atom. The molecule has 0 bridgehead atoms. The number of ether oxygens (including phenoxy) is 3. The highest BCUT2D eigenvalue weighted by molar-refractivity contribution is 5.98. The van der Waals surface area contributed by atoms with E-state index >= 15 is 0 Å². The van der Waals surface area contributed by atoms with Crippen molar-refractivity contribution >= 4 is 22.6 Å². The van der Waals surface area contributed by atoms with Crippen LogP contribution in [-0.4, -0.2) is 22.7 Å². The molecular formula is C21H18N2O6. The van der Waals surface area contributed by atoms with Crippen molar-refractivity contribution in [1.82, 2.24) is 4.98 Å². The van der Waals surface area contributed by atoms with Gasteiger partial charge in [-0.1, -0.05) is 18.2 Å². The number of fused-ring (bicyclic) bond motifs is 2. The van der Waals surface area contributed by atoms with Crippen LogP contribution in [0.25, 0.3) is 10.9 Å². The normalized spacial score (nSPS) is 12.9. The zero-order valence-electron chi connectivity index (χ0n) is 15.9. The van der Waals surface area contributed by atoms with E-state index in [-0.39, 0.29) is 25.7 Å². The Hall–Kier alpha value is -3.52. The highest BCUT2D eigenvalue weighted by Crippen LogP contribution is 2.33. The first-order valence-electron chi connectivity index (χ1n) is 8.99. The zero-order chi connectivity index (χ0) is 20.5. The van der Waals surface area contributed by atoms with Gasteiger partial charge in [0.1, 0.15) is 12.4 Å². The molecular weight excluding hydrogens is 376 g/mol. The van der Waals surface area contributed by atoms with E-state index in [2.05, 4.69) is 4.98 Å². The summed E-state index contributed by atoms with van der Waals surface area (Å²) in [4.78, 5) is 28.0. The van der Waals surface area contributed by atoms with E-state index in [4.69, 9.17) is 14.2 Å². The van der Waals surface area contributed by atoms with Crippen LogP contribution in [0.15, 0.2) is 36.4 Å². The predicted octanol–water partition coefficient (Wildman–Crippen LogP) is 3.98. The summed E-state index contributed by atoms with van der Waals surface area (Å²) in [6.07, 6.45) is 0. The number of hydrogen-bond donors (Lipinski definition) is 0. The summed E-state index contributed by atoms with van der Waals surface area (Å²) in [6.45, 7) is 3.69. The molecule has 0 radical (unpaired) electrons. The molecule has 1 aliphatic rings. The highest BCUT2D eigenvalue weighted by atomic mass is 16.7. The van der Waals surface area contributed by atoms with Gasteiger partial charge in [-0.05, 0) is 25.5 Å². The summed E-state index contributed by atoms with van der Waals surface area (Å²) < 4.78 is 16.2. The Labute approximate surface area is 166 Å². The molecule has 2 heterocycles. The Balaban J connectivity index is 1.65. The minimum Gasteiger partial charge on any atom is -0.467 e. The number of nitro groups is 1. The lowest BCUT2D eigenvalue weighted by molar-refractivity contribution is -0.385. The number of para-hydroxylation sites is 1. The van der Waals surface area contributed by atoms with Gasteiger partial charge in [0, 0.05) is 28.6 Å².